The van der Waals surface area contributed by atoms with Crippen LogP contribution in [0.5, 0.6) is 0 Å². The van der Waals surface area contributed by atoms with Gasteiger partial charge < -0.3 is 20.5 Å². The van der Waals surface area contributed by atoms with Gasteiger partial charge in [0.2, 0.25) is 5.91 Å². The van der Waals surface area contributed by atoms with Crippen LogP contribution in [0.2, 0.25) is 0 Å². The molecule has 1 atom stereocenters. The van der Waals surface area contributed by atoms with Crippen molar-refractivity contribution in [1.82, 2.24) is 5.32 Å². The van der Waals surface area contributed by atoms with Crippen LogP contribution < -0.4 is 10.6 Å². The normalized spacial score (nSPS) is 11.4. The molecule has 0 radical (unpaired) electrons. The SMILES string of the molecule is CC(=O)CC[C@@H](NC(=O)c1cccc(NC(C)=O)c1)C(=O)O. The zero-order valence-corrected chi connectivity index (χ0v) is 12.4. The van der Waals surface area contributed by atoms with Crippen LogP contribution in [-0.2, 0) is 14.4 Å². The molecule has 7 nitrogen and oxygen atoms in total. The van der Waals surface area contributed by atoms with E-state index in [1.807, 2.05) is 0 Å². The molecule has 0 bridgehead atoms. The number of nitrogens with one attached hydrogen (secondary N) is 2. The van der Waals surface area contributed by atoms with Crippen molar-refractivity contribution < 1.29 is 24.3 Å². The Morgan fingerprint density at radius 3 is 2.41 bits per heavy atom. The Bertz CT molecular complexity index is 597. The number of Topliss-reactive ketones (excluding diaryl/α,β-unsaturated/α-hetero) is 1. The molecule has 0 unspecified atom stereocenters. The molecule has 118 valence electrons. The second-order valence-corrected chi connectivity index (χ2v) is 4.87. The first kappa shape index (κ1) is 17.4. The van der Waals surface area contributed by atoms with Gasteiger partial charge in [0, 0.05) is 24.6 Å². The Balaban J connectivity index is 2.79. The molecule has 3 N–H and O–H groups in total. The molecule has 1 aromatic rings. The number of benzene rings is 1. The summed E-state index contributed by atoms with van der Waals surface area (Å²) in [4.78, 5) is 45.1. The lowest BCUT2D eigenvalue weighted by molar-refractivity contribution is -0.139. The Kier molecular flexibility index (Phi) is 6.25. The standard InChI is InChI=1S/C15H18N2O5/c1-9(18)6-7-13(15(21)22)17-14(20)11-4-3-5-12(8-11)16-10(2)19/h3-5,8,13H,6-7H2,1-2H3,(H,16,19)(H,17,20)(H,21,22)/t13-/m1/s1. The Labute approximate surface area is 127 Å². The second-order valence-electron chi connectivity index (χ2n) is 4.87. The number of carbonyl (C=O) groups excluding carboxylic acids is 3. The van der Waals surface area contributed by atoms with E-state index in [0.717, 1.165) is 0 Å². The van der Waals surface area contributed by atoms with Crippen molar-refractivity contribution in [2.24, 2.45) is 0 Å². The number of hydrogen-bond acceptors (Lipinski definition) is 4. The third-order valence-electron chi connectivity index (χ3n) is 2.83. The molecule has 1 rings (SSSR count). The van der Waals surface area contributed by atoms with E-state index in [9.17, 15) is 19.2 Å². The van der Waals surface area contributed by atoms with E-state index in [-0.39, 0.29) is 30.1 Å². The first-order valence-electron chi connectivity index (χ1n) is 6.70. The van der Waals surface area contributed by atoms with Gasteiger partial charge in [0.1, 0.15) is 11.8 Å². The largest absolute Gasteiger partial charge is 0.480 e. The molecule has 0 saturated carbocycles. The second kappa shape index (κ2) is 7.92. The summed E-state index contributed by atoms with van der Waals surface area (Å²) in [5, 5.41) is 14.0. The van der Waals surface area contributed by atoms with Gasteiger partial charge >= 0.3 is 5.97 Å². The number of carboxylic acids is 1. The highest BCUT2D eigenvalue weighted by atomic mass is 16.4. The summed E-state index contributed by atoms with van der Waals surface area (Å²) in [7, 11) is 0. The number of ketones is 1. The van der Waals surface area contributed by atoms with Crippen LogP contribution in [0.1, 0.15) is 37.0 Å². The fourth-order valence-corrected chi connectivity index (χ4v) is 1.79. The van der Waals surface area contributed by atoms with Crippen LogP contribution in [-0.4, -0.2) is 34.7 Å². The fourth-order valence-electron chi connectivity index (χ4n) is 1.79. The Hall–Kier alpha value is -2.70. The Morgan fingerprint density at radius 1 is 1.18 bits per heavy atom. The van der Waals surface area contributed by atoms with E-state index in [1.165, 1.54) is 26.0 Å². The van der Waals surface area contributed by atoms with Crippen LogP contribution in [0.4, 0.5) is 5.69 Å². The van der Waals surface area contributed by atoms with Gasteiger partial charge in [-0.15, -0.1) is 0 Å². The average Bonchev–Trinajstić information content (AvgIpc) is 2.42. The highest BCUT2D eigenvalue weighted by Crippen LogP contribution is 2.11. The predicted molar refractivity (Wildman–Crippen MR) is 79.6 cm³/mol. The number of aliphatic carboxylic acids is 1. The summed E-state index contributed by atoms with van der Waals surface area (Å²) in [5.74, 6) is -2.20. The van der Waals surface area contributed by atoms with Gasteiger partial charge in [-0.3, -0.25) is 9.59 Å². The first-order valence-corrected chi connectivity index (χ1v) is 6.70. The molecule has 1 aromatic carbocycles. The van der Waals surface area contributed by atoms with E-state index in [2.05, 4.69) is 10.6 Å². The zero-order chi connectivity index (χ0) is 16.7. The van der Waals surface area contributed by atoms with Crippen LogP contribution in [0.25, 0.3) is 0 Å². The highest BCUT2D eigenvalue weighted by Gasteiger charge is 2.21. The van der Waals surface area contributed by atoms with Crippen molar-refractivity contribution >= 4 is 29.3 Å². The van der Waals surface area contributed by atoms with E-state index in [0.29, 0.717) is 5.69 Å². The number of anilines is 1. The number of hydrogen-bond donors (Lipinski definition) is 3. The summed E-state index contributed by atoms with van der Waals surface area (Å²) in [5.41, 5.74) is 0.663. The third-order valence-corrected chi connectivity index (χ3v) is 2.83. The summed E-state index contributed by atoms with van der Waals surface area (Å²) in [6, 6.07) is 5.00. The minimum Gasteiger partial charge on any atom is -0.480 e. The molecule has 2 amide bonds. The molecule has 7 heteroatoms. The maximum Gasteiger partial charge on any atom is 0.326 e. The lowest BCUT2D eigenvalue weighted by Crippen LogP contribution is -2.41. The number of carboxylic acid groups (broad SMARTS) is 1. The monoisotopic (exact) mass is 306 g/mol. The molecule has 0 aliphatic heterocycles. The summed E-state index contributed by atoms with van der Waals surface area (Å²) in [6.07, 6.45) is 0.102. The maximum atomic E-state index is 12.1. The minimum absolute atomic E-state index is 0.0296. The maximum absolute atomic E-state index is 12.1. The van der Waals surface area contributed by atoms with Gasteiger partial charge in [-0.05, 0) is 31.5 Å². The van der Waals surface area contributed by atoms with Gasteiger partial charge in [0.05, 0.1) is 0 Å². The van der Waals surface area contributed by atoms with Gasteiger partial charge in [-0.1, -0.05) is 6.07 Å². The molecule has 0 aliphatic rings. The van der Waals surface area contributed by atoms with Crippen molar-refractivity contribution in [3.05, 3.63) is 29.8 Å². The van der Waals surface area contributed by atoms with Gasteiger partial charge in [-0.2, -0.15) is 0 Å². The molecule has 22 heavy (non-hydrogen) atoms. The van der Waals surface area contributed by atoms with Crippen LogP contribution in [0.15, 0.2) is 24.3 Å². The van der Waals surface area contributed by atoms with Crippen molar-refractivity contribution in [2.75, 3.05) is 5.32 Å². The number of amides is 2. The predicted octanol–water partition coefficient (Wildman–Crippen LogP) is 1.20. The third kappa shape index (κ3) is 5.74. The first-order chi connectivity index (χ1) is 10.3. The number of carbonyl (C=O) groups is 4. The molecule has 0 fully saturated rings. The molecule has 0 heterocycles. The van der Waals surface area contributed by atoms with Gasteiger partial charge in [0.25, 0.3) is 5.91 Å². The topological polar surface area (TPSA) is 113 Å². The van der Waals surface area contributed by atoms with Gasteiger partial charge in [0.15, 0.2) is 0 Å². The summed E-state index contributed by atoms with van der Waals surface area (Å²) < 4.78 is 0. The van der Waals surface area contributed by atoms with Crippen molar-refractivity contribution in [2.45, 2.75) is 32.7 Å². The van der Waals surface area contributed by atoms with E-state index < -0.39 is 17.9 Å². The number of rotatable bonds is 7. The van der Waals surface area contributed by atoms with Crippen molar-refractivity contribution in [3.8, 4) is 0 Å². The van der Waals surface area contributed by atoms with E-state index in [1.54, 1.807) is 12.1 Å². The lowest BCUT2D eigenvalue weighted by atomic mass is 10.1. The summed E-state index contributed by atoms with van der Waals surface area (Å²) >= 11 is 0. The molecule has 0 spiro atoms. The Morgan fingerprint density at radius 2 is 1.86 bits per heavy atom. The highest BCUT2D eigenvalue weighted by molar-refractivity contribution is 5.98. The van der Waals surface area contributed by atoms with E-state index in [4.69, 9.17) is 5.11 Å². The van der Waals surface area contributed by atoms with E-state index >= 15 is 0 Å². The van der Waals surface area contributed by atoms with Crippen LogP contribution >= 0.6 is 0 Å². The molecule has 0 aromatic heterocycles. The minimum atomic E-state index is -1.20. The lowest BCUT2D eigenvalue weighted by Gasteiger charge is -2.14. The zero-order valence-electron chi connectivity index (χ0n) is 12.4. The molecule has 0 aliphatic carbocycles. The van der Waals surface area contributed by atoms with Crippen molar-refractivity contribution in [3.63, 3.8) is 0 Å². The van der Waals surface area contributed by atoms with Gasteiger partial charge in [-0.25, -0.2) is 4.79 Å². The van der Waals surface area contributed by atoms with Crippen LogP contribution in [0, 0.1) is 0 Å². The molecular formula is C15H18N2O5. The average molecular weight is 306 g/mol. The molecule has 0 saturated heterocycles. The fraction of sp³-hybridized carbons (Fsp3) is 0.333. The van der Waals surface area contributed by atoms with Crippen LogP contribution in [0.3, 0.4) is 0 Å². The smallest absolute Gasteiger partial charge is 0.326 e. The molecular weight excluding hydrogens is 288 g/mol. The summed E-state index contributed by atoms with van der Waals surface area (Å²) in [6.45, 7) is 2.70. The van der Waals surface area contributed by atoms with Crippen molar-refractivity contribution in [1.29, 1.82) is 0 Å². The quantitative estimate of drug-likeness (QED) is 0.700.